The number of nitrogens with two attached hydrogens (primary N) is 1. The number of carbonyl (C=O) groups is 1. The Balaban J connectivity index is 2.42. The third-order valence-corrected chi connectivity index (χ3v) is 3.11. The number of fused-ring (bicyclic) bond motifs is 1. The SMILES string of the molecule is COC(C)(C)C(=O)Nc1ccc(N)c2ncccc12. The molecule has 1 amide bonds. The Kier molecular flexibility index (Phi) is 3.40. The molecule has 1 aromatic heterocycles. The number of nitrogens with zero attached hydrogens (tertiary/aromatic N) is 1. The highest BCUT2D eigenvalue weighted by Crippen LogP contribution is 2.27. The van der Waals surface area contributed by atoms with Gasteiger partial charge in [0, 0.05) is 18.7 Å². The molecule has 0 bridgehead atoms. The third-order valence-electron chi connectivity index (χ3n) is 3.11. The average Bonchev–Trinajstić information content (AvgIpc) is 2.42. The lowest BCUT2D eigenvalue weighted by Gasteiger charge is -2.22. The molecule has 0 fully saturated rings. The summed E-state index contributed by atoms with van der Waals surface area (Å²) < 4.78 is 5.16. The van der Waals surface area contributed by atoms with E-state index in [1.165, 1.54) is 7.11 Å². The van der Waals surface area contributed by atoms with E-state index in [0.717, 1.165) is 5.39 Å². The number of nitrogens with one attached hydrogen (secondary N) is 1. The molecule has 19 heavy (non-hydrogen) atoms. The lowest BCUT2D eigenvalue weighted by atomic mass is 10.1. The van der Waals surface area contributed by atoms with Crippen LogP contribution in [0.3, 0.4) is 0 Å². The van der Waals surface area contributed by atoms with Crippen LogP contribution in [0.15, 0.2) is 30.5 Å². The summed E-state index contributed by atoms with van der Waals surface area (Å²) in [6.45, 7) is 3.42. The van der Waals surface area contributed by atoms with Crippen molar-refractivity contribution in [3.05, 3.63) is 30.5 Å². The molecular formula is C14H17N3O2. The molecule has 0 saturated carbocycles. The normalized spacial score (nSPS) is 11.5. The molecule has 0 aliphatic rings. The monoisotopic (exact) mass is 259 g/mol. The highest BCUT2D eigenvalue weighted by molar-refractivity contribution is 6.06. The fraction of sp³-hybridized carbons (Fsp3) is 0.286. The highest BCUT2D eigenvalue weighted by atomic mass is 16.5. The number of ether oxygens (including phenoxy) is 1. The van der Waals surface area contributed by atoms with Crippen molar-refractivity contribution in [2.45, 2.75) is 19.4 Å². The fourth-order valence-electron chi connectivity index (χ4n) is 1.67. The Morgan fingerprint density at radius 3 is 2.79 bits per heavy atom. The van der Waals surface area contributed by atoms with E-state index in [1.807, 2.05) is 6.07 Å². The zero-order chi connectivity index (χ0) is 14.0. The van der Waals surface area contributed by atoms with E-state index in [4.69, 9.17) is 10.5 Å². The summed E-state index contributed by atoms with van der Waals surface area (Å²) in [7, 11) is 1.50. The van der Waals surface area contributed by atoms with Gasteiger partial charge in [0.2, 0.25) is 0 Å². The van der Waals surface area contributed by atoms with E-state index in [1.54, 1.807) is 38.2 Å². The first-order chi connectivity index (χ1) is 8.95. The number of aromatic nitrogens is 1. The number of amides is 1. The van der Waals surface area contributed by atoms with Crippen LogP contribution in [-0.4, -0.2) is 23.6 Å². The molecule has 2 aromatic rings. The van der Waals surface area contributed by atoms with Crippen LogP contribution in [0, 0.1) is 0 Å². The topological polar surface area (TPSA) is 77.2 Å². The lowest BCUT2D eigenvalue weighted by Crippen LogP contribution is -2.38. The number of anilines is 2. The molecule has 0 aliphatic heterocycles. The van der Waals surface area contributed by atoms with Gasteiger partial charge in [0.05, 0.1) is 16.9 Å². The van der Waals surface area contributed by atoms with Crippen LogP contribution in [0.25, 0.3) is 10.9 Å². The van der Waals surface area contributed by atoms with Gasteiger partial charge in [-0.05, 0) is 38.1 Å². The minimum atomic E-state index is -0.893. The second-order valence-electron chi connectivity index (χ2n) is 4.77. The van der Waals surface area contributed by atoms with Crippen molar-refractivity contribution >= 4 is 28.2 Å². The smallest absolute Gasteiger partial charge is 0.256 e. The summed E-state index contributed by atoms with van der Waals surface area (Å²) >= 11 is 0. The molecule has 5 heteroatoms. The largest absolute Gasteiger partial charge is 0.397 e. The lowest BCUT2D eigenvalue weighted by molar-refractivity contribution is -0.133. The zero-order valence-corrected chi connectivity index (χ0v) is 11.2. The maximum absolute atomic E-state index is 12.1. The van der Waals surface area contributed by atoms with Crippen LogP contribution in [0.4, 0.5) is 11.4 Å². The van der Waals surface area contributed by atoms with Gasteiger partial charge in [-0.3, -0.25) is 9.78 Å². The fourth-order valence-corrected chi connectivity index (χ4v) is 1.67. The Hall–Kier alpha value is -2.14. The number of nitrogen functional groups attached to an aromatic ring is 1. The average molecular weight is 259 g/mol. The van der Waals surface area contributed by atoms with E-state index in [9.17, 15) is 4.79 Å². The maximum Gasteiger partial charge on any atom is 0.256 e. The number of methoxy groups -OCH3 is 1. The molecule has 1 aromatic carbocycles. The molecule has 3 N–H and O–H groups in total. The summed E-state index contributed by atoms with van der Waals surface area (Å²) in [5, 5.41) is 3.65. The minimum absolute atomic E-state index is 0.218. The van der Waals surface area contributed by atoms with Crippen molar-refractivity contribution in [2.75, 3.05) is 18.2 Å². The predicted octanol–water partition coefficient (Wildman–Crippen LogP) is 2.18. The van der Waals surface area contributed by atoms with Crippen molar-refractivity contribution in [3.63, 3.8) is 0 Å². The molecule has 5 nitrogen and oxygen atoms in total. The number of hydrogen-bond donors (Lipinski definition) is 2. The molecule has 0 unspecified atom stereocenters. The molecule has 0 atom stereocenters. The number of hydrogen-bond acceptors (Lipinski definition) is 4. The Bertz CT molecular complexity index is 623. The standard InChI is InChI=1S/C14H17N3O2/c1-14(2,19-3)13(18)17-11-7-6-10(15)12-9(11)5-4-8-16-12/h4-8H,15H2,1-3H3,(H,17,18). The van der Waals surface area contributed by atoms with E-state index >= 15 is 0 Å². The summed E-state index contributed by atoms with van der Waals surface area (Å²) in [5.41, 5.74) is 6.91. The van der Waals surface area contributed by atoms with Gasteiger partial charge in [-0.2, -0.15) is 0 Å². The third kappa shape index (κ3) is 2.51. The van der Waals surface area contributed by atoms with Crippen LogP contribution in [0.1, 0.15) is 13.8 Å². The number of pyridine rings is 1. The second kappa shape index (κ2) is 4.85. The van der Waals surface area contributed by atoms with Gasteiger partial charge in [0.25, 0.3) is 5.91 Å². The van der Waals surface area contributed by atoms with Gasteiger partial charge in [0.1, 0.15) is 5.60 Å². The van der Waals surface area contributed by atoms with Crippen molar-refractivity contribution in [3.8, 4) is 0 Å². The van der Waals surface area contributed by atoms with Crippen molar-refractivity contribution < 1.29 is 9.53 Å². The molecule has 0 saturated heterocycles. The van der Waals surface area contributed by atoms with Gasteiger partial charge in [-0.1, -0.05) is 0 Å². The summed E-state index contributed by atoms with van der Waals surface area (Å²) in [6.07, 6.45) is 1.67. The highest BCUT2D eigenvalue weighted by Gasteiger charge is 2.27. The van der Waals surface area contributed by atoms with Crippen LogP contribution >= 0.6 is 0 Å². The van der Waals surface area contributed by atoms with Gasteiger partial charge >= 0.3 is 0 Å². The Morgan fingerprint density at radius 1 is 1.37 bits per heavy atom. The first-order valence-corrected chi connectivity index (χ1v) is 5.95. The molecule has 0 spiro atoms. The number of carbonyl (C=O) groups excluding carboxylic acids is 1. The quantitative estimate of drug-likeness (QED) is 0.828. The van der Waals surface area contributed by atoms with Crippen molar-refractivity contribution in [1.82, 2.24) is 4.98 Å². The van der Waals surface area contributed by atoms with Gasteiger partial charge in [-0.15, -0.1) is 0 Å². The van der Waals surface area contributed by atoms with E-state index in [-0.39, 0.29) is 5.91 Å². The molecule has 0 radical (unpaired) electrons. The van der Waals surface area contributed by atoms with Gasteiger partial charge < -0.3 is 15.8 Å². The van der Waals surface area contributed by atoms with E-state index in [2.05, 4.69) is 10.3 Å². The van der Waals surface area contributed by atoms with Crippen LogP contribution in [0.2, 0.25) is 0 Å². The van der Waals surface area contributed by atoms with Gasteiger partial charge in [0.15, 0.2) is 0 Å². The first-order valence-electron chi connectivity index (χ1n) is 5.95. The second-order valence-corrected chi connectivity index (χ2v) is 4.77. The maximum atomic E-state index is 12.1. The minimum Gasteiger partial charge on any atom is -0.397 e. The number of rotatable bonds is 3. The van der Waals surface area contributed by atoms with Crippen molar-refractivity contribution in [2.24, 2.45) is 0 Å². The molecular weight excluding hydrogens is 242 g/mol. The summed E-state index contributed by atoms with van der Waals surface area (Å²) in [5.74, 6) is -0.218. The van der Waals surface area contributed by atoms with Crippen molar-refractivity contribution in [1.29, 1.82) is 0 Å². The van der Waals surface area contributed by atoms with E-state index < -0.39 is 5.60 Å². The van der Waals surface area contributed by atoms with Gasteiger partial charge in [-0.25, -0.2) is 0 Å². The Labute approximate surface area is 111 Å². The Morgan fingerprint density at radius 2 is 2.11 bits per heavy atom. The summed E-state index contributed by atoms with van der Waals surface area (Å²) in [6, 6.07) is 7.17. The van der Waals surface area contributed by atoms with Crippen LogP contribution in [0.5, 0.6) is 0 Å². The van der Waals surface area contributed by atoms with E-state index in [0.29, 0.717) is 16.9 Å². The zero-order valence-electron chi connectivity index (χ0n) is 11.2. The first kappa shape index (κ1) is 13.3. The predicted molar refractivity (Wildman–Crippen MR) is 75.9 cm³/mol. The number of benzene rings is 1. The van der Waals surface area contributed by atoms with Crippen LogP contribution in [-0.2, 0) is 9.53 Å². The summed E-state index contributed by atoms with van der Waals surface area (Å²) in [4.78, 5) is 16.3. The molecule has 100 valence electrons. The molecule has 1 heterocycles. The molecule has 0 aliphatic carbocycles. The molecule has 2 rings (SSSR count). The van der Waals surface area contributed by atoms with Crippen LogP contribution < -0.4 is 11.1 Å².